The zero-order valence-corrected chi connectivity index (χ0v) is 17.3. The Bertz CT molecular complexity index is 1250. The molecule has 5 rings (SSSR count). The molecular weight excluding hydrogens is 404 g/mol. The van der Waals surface area contributed by atoms with Crippen LogP contribution in [-0.2, 0) is 24.2 Å². The number of carbonyl (C=O) groups is 2. The number of likely N-dealkylation sites (N-methyl/N-ethyl adjacent to an activating group) is 1. The highest BCUT2D eigenvalue weighted by Crippen LogP contribution is 2.34. The molecule has 0 fully saturated rings. The highest BCUT2D eigenvalue weighted by Gasteiger charge is 2.26. The lowest BCUT2D eigenvalue weighted by Gasteiger charge is -2.28. The minimum Gasteiger partial charge on any atom is -0.482 e. The first-order chi connectivity index (χ1) is 14.6. The monoisotopic (exact) mass is 424 g/mol. The second kappa shape index (κ2) is 7.32. The second-order valence-electron chi connectivity index (χ2n) is 7.48. The van der Waals surface area contributed by atoms with Crippen LogP contribution in [0.15, 0.2) is 23.0 Å². The summed E-state index contributed by atoms with van der Waals surface area (Å²) in [7, 11) is 0. The third-order valence-corrected chi connectivity index (χ3v) is 6.85. The van der Waals surface area contributed by atoms with Crippen LogP contribution in [0.1, 0.15) is 40.6 Å². The van der Waals surface area contributed by atoms with Crippen LogP contribution in [0.5, 0.6) is 5.75 Å². The fourth-order valence-corrected chi connectivity index (χ4v) is 5.36. The van der Waals surface area contributed by atoms with Crippen molar-refractivity contribution in [2.45, 2.75) is 39.2 Å². The molecule has 2 aromatic heterocycles. The lowest BCUT2D eigenvalue weighted by molar-refractivity contribution is -0.121. The largest absolute Gasteiger partial charge is 0.482 e. The zero-order valence-electron chi connectivity index (χ0n) is 16.5. The Kier molecular flexibility index (Phi) is 4.62. The average molecular weight is 424 g/mol. The molecule has 154 valence electrons. The molecule has 0 saturated heterocycles. The van der Waals surface area contributed by atoms with Crippen LogP contribution < -0.4 is 15.2 Å². The molecule has 0 unspecified atom stereocenters. The summed E-state index contributed by atoms with van der Waals surface area (Å²) in [5, 5.41) is 8.82. The molecule has 0 saturated carbocycles. The highest BCUT2D eigenvalue weighted by molar-refractivity contribution is 7.18. The van der Waals surface area contributed by atoms with Crippen molar-refractivity contribution in [1.29, 1.82) is 0 Å². The molecule has 3 heterocycles. The van der Waals surface area contributed by atoms with Crippen molar-refractivity contribution in [2.24, 2.45) is 0 Å². The number of hydrogen-bond donors (Lipinski definition) is 0. The number of anilines is 1. The van der Waals surface area contributed by atoms with Gasteiger partial charge in [0.1, 0.15) is 12.3 Å². The van der Waals surface area contributed by atoms with Gasteiger partial charge in [-0.2, -0.15) is 0 Å². The van der Waals surface area contributed by atoms with Gasteiger partial charge in [0.25, 0.3) is 11.5 Å². The Morgan fingerprint density at radius 1 is 1.23 bits per heavy atom. The number of aromatic nitrogens is 3. The average Bonchev–Trinajstić information content (AvgIpc) is 3.14. The van der Waals surface area contributed by atoms with Crippen LogP contribution in [0.25, 0.3) is 10.2 Å². The van der Waals surface area contributed by atoms with Crippen molar-refractivity contribution in [3.05, 3.63) is 44.6 Å². The highest BCUT2D eigenvalue weighted by atomic mass is 32.1. The van der Waals surface area contributed by atoms with Gasteiger partial charge in [-0.15, -0.1) is 16.4 Å². The van der Waals surface area contributed by atoms with E-state index in [0.29, 0.717) is 33.8 Å². The fraction of sp³-hybridized carbons (Fsp3) is 0.381. The summed E-state index contributed by atoms with van der Waals surface area (Å²) in [6, 6.07) is 4.97. The Labute approximate surface area is 176 Å². The Hall–Kier alpha value is -3.07. The summed E-state index contributed by atoms with van der Waals surface area (Å²) in [5.41, 5.74) is 1.77. The van der Waals surface area contributed by atoms with E-state index in [-0.39, 0.29) is 30.4 Å². The van der Waals surface area contributed by atoms with E-state index in [4.69, 9.17) is 4.74 Å². The number of ether oxygens (including phenoxy) is 1. The number of carbonyl (C=O) groups excluding carboxylic acids is 2. The minimum atomic E-state index is -0.272. The van der Waals surface area contributed by atoms with Gasteiger partial charge in [0.2, 0.25) is 0 Å². The maximum absolute atomic E-state index is 13.0. The van der Waals surface area contributed by atoms with E-state index in [0.717, 1.165) is 35.9 Å². The van der Waals surface area contributed by atoms with Crippen molar-refractivity contribution < 1.29 is 14.3 Å². The molecular formula is C21H20N4O4S. The van der Waals surface area contributed by atoms with Crippen molar-refractivity contribution in [2.75, 3.05) is 18.1 Å². The van der Waals surface area contributed by atoms with E-state index in [1.54, 1.807) is 23.1 Å². The number of hydrogen-bond acceptors (Lipinski definition) is 7. The molecule has 8 nitrogen and oxygen atoms in total. The summed E-state index contributed by atoms with van der Waals surface area (Å²) in [5.74, 6) is 0.146. The lowest BCUT2D eigenvalue weighted by Crippen LogP contribution is -2.38. The van der Waals surface area contributed by atoms with Crippen LogP contribution in [0.4, 0.5) is 5.69 Å². The molecule has 1 amide bonds. The van der Waals surface area contributed by atoms with Gasteiger partial charge >= 0.3 is 0 Å². The molecule has 2 aliphatic rings. The van der Waals surface area contributed by atoms with Gasteiger partial charge in [0, 0.05) is 17.0 Å². The van der Waals surface area contributed by atoms with Crippen molar-refractivity contribution in [3.8, 4) is 5.75 Å². The number of thiophene rings is 1. The molecule has 0 atom stereocenters. The van der Waals surface area contributed by atoms with E-state index in [2.05, 4.69) is 10.3 Å². The van der Waals surface area contributed by atoms with Crippen LogP contribution in [0, 0.1) is 0 Å². The minimum absolute atomic E-state index is 0.00983. The predicted octanol–water partition coefficient (Wildman–Crippen LogP) is 2.36. The van der Waals surface area contributed by atoms with Crippen LogP contribution >= 0.6 is 11.3 Å². The second-order valence-corrected chi connectivity index (χ2v) is 8.56. The van der Waals surface area contributed by atoms with Gasteiger partial charge < -0.3 is 9.64 Å². The summed E-state index contributed by atoms with van der Waals surface area (Å²) < 4.78 is 6.60. The van der Waals surface area contributed by atoms with Gasteiger partial charge in [0.15, 0.2) is 17.2 Å². The summed E-state index contributed by atoms with van der Waals surface area (Å²) in [6.45, 7) is 2.14. The van der Waals surface area contributed by atoms with Gasteiger partial charge in [0.05, 0.1) is 11.1 Å². The maximum atomic E-state index is 13.0. The van der Waals surface area contributed by atoms with Crippen LogP contribution in [0.3, 0.4) is 0 Å². The molecule has 1 aliphatic carbocycles. The van der Waals surface area contributed by atoms with Crippen LogP contribution in [-0.4, -0.2) is 39.8 Å². The van der Waals surface area contributed by atoms with Gasteiger partial charge in [-0.3, -0.25) is 14.4 Å². The van der Waals surface area contributed by atoms with E-state index in [1.807, 2.05) is 6.92 Å². The Balaban J connectivity index is 1.48. The lowest BCUT2D eigenvalue weighted by atomic mass is 9.97. The summed E-state index contributed by atoms with van der Waals surface area (Å²) in [4.78, 5) is 41.5. The normalized spacial score (nSPS) is 15.6. The molecule has 9 heteroatoms. The van der Waals surface area contributed by atoms with E-state index < -0.39 is 0 Å². The molecule has 0 radical (unpaired) electrons. The summed E-state index contributed by atoms with van der Waals surface area (Å²) in [6.07, 6.45) is 4.02. The number of fused-ring (bicyclic) bond motifs is 4. The van der Waals surface area contributed by atoms with Crippen molar-refractivity contribution in [1.82, 2.24) is 15.0 Å². The van der Waals surface area contributed by atoms with E-state index in [1.165, 1.54) is 16.2 Å². The van der Waals surface area contributed by atoms with Crippen LogP contribution in [0.2, 0.25) is 0 Å². The quantitative estimate of drug-likeness (QED) is 0.597. The molecule has 0 spiro atoms. The molecule has 3 aromatic rings. The molecule has 1 aliphatic heterocycles. The third kappa shape index (κ3) is 3.00. The first-order valence-electron chi connectivity index (χ1n) is 10.0. The predicted molar refractivity (Wildman–Crippen MR) is 113 cm³/mol. The van der Waals surface area contributed by atoms with Crippen molar-refractivity contribution >= 4 is 38.9 Å². The fourth-order valence-electron chi connectivity index (χ4n) is 4.16. The third-order valence-electron chi connectivity index (χ3n) is 5.68. The topological polar surface area (TPSA) is 94.4 Å². The van der Waals surface area contributed by atoms with E-state index in [9.17, 15) is 14.4 Å². The molecule has 0 N–H and O–H groups in total. The number of nitrogens with zero attached hydrogens (tertiary/aromatic N) is 4. The Morgan fingerprint density at radius 2 is 2.07 bits per heavy atom. The number of benzene rings is 1. The number of amides is 1. The zero-order chi connectivity index (χ0) is 20.8. The molecule has 0 bridgehead atoms. The molecule has 30 heavy (non-hydrogen) atoms. The standard InChI is InChI=1S/C21H20N4O4S/c1-2-24-14-9-12(7-8-16(14)29-11-18(24)27)15(26)10-25-21(28)19-13-5-3-4-6-17(13)30-20(19)22-23-25/h7-9H,2-6,10-11H2,1H3. The first-order valence-corrected chi connectivity index (χ1v) is 10.9. The van der Waals surface area contributed by atoms with Gasteiger partial charge in [-0.05, 0) is 56.4 Å². The van der Waals surface area contributed by atoms with Crippen molar-refractivity contribution in [3.63, 3.8) is 0 Å². The smallest absolute Gasteiger partial charge is 0.279 e. The van der Waals surface area contributed by atoms with Gasteiger partial charge in [-0.25, -0.2) is 4.68 Å². The first kappa shape index (κ1) is 18.9. The number of aryl methyl sites for hydroxylation is 2. The van der Waals surface area contributed by atoms with Gasteiger partial charge in [-0.1, -0.05) is 5.21 Å². The SMILES string of the molecule is CCN1C(=O)COc2ccc(C(=O)Cn3nnc4sc5c(c4c3=O)CCCC5)cc21. The van der Waals surface area contributed by atoms with E-state index >= 15 is 0 Å². The number of rotatable bonds is 4. The molecule has 1 aromatic carbocycles. The number of ketones is 1. The number of Topliss-reactive ketones (excluding diaryl/α,β-unsaturated/α-hetero) is 1. The maximum Gasteiger partial charge on any atom is 0.279 e. The summed E-state index contributed by atoms with van der Waals surface area (Å²) >= 11 is 1.53. The Morgan fingerprint density at radius 3 is 2.90 bits per heavy atom.